The molecule has 1 N–H and O–H groups in total. The molecule has 0 bridgehead atoms. The Bertz CT molecular complexity index is 1740. The third-order valence-corrected chi connectivity index (χ3v) is 8.03. The summed E-state index contributed by atoms with van der Waals surface area (Å²) in [7, 11) is -1.67. The number of aliphatic imine (C=N–C) groups is 1. The molecule has 10 heteroatoms. The number of hydrogen-bond acceptors (Lipinski definition) is 8. The number of sulfone groups is 1. The fourth-order valence-electron chi connectivity index (χ4n) is 4.84. The third-order valence-electron chi connectivity index (χ3n) is 6.90. The fourth-order valence-corrected chi connectivity index (χ4v) is 5.70. The molecule has 0 atom stereocenters. The minimum Gasteiger partial charge on any atom is -0.353 e. The van der Waals surface area contributed by atoms with Gasteiger partial charge in [0, 0.05) is 55.0 Å². The third kappa shape index (κ3) is 4.83. The Kier molecular flexibility index (Phi) is 6.38. The Morgan fingerprint density at radius 3 is 2.37 bits per heavy atom. The topological polar surface area (TPSA) is 115 Å². The number of benzene rings is 1. The number of aromatic nitrogens is 5. The second-order valence-corrected chi connectivity index (χ2v) is 12.0. The molecule has 5 rings (SSSR count). The van der Waals surface area contributed by atoms with Crippen LogP contribution in [0.15, 0.2) is 40.4 Å². The molecule has 4 heterocycles. The van der Waals surface area contributed by atoms with Crippen LogP contribution in [0.1, 0.15) is 46.8 Å². The Morgan fingerprint density at radius 1 is 0.947 bits per heavy atom. The summed E-state index contributed by atoms with van der Waals surface area (Å²) in [5.41, 5.74) is 10.7. The molecule has 0 saturated heterocycles. The van der Waals surface area contributed by atoms with Crippen molar-refractivity contribution in [1.29, 1.82) is 0 Å². The molecule has 1 aliphatic rings. The fraction of sp³-hybridized carbons (Fsp3) is 0.321. The summed E-state index contributed by atoms with van der Waals surface area (Å²) in [5, 5.41) is 7.87. The number of fused-ring (bicyclic) bond motifs is 1. The summed E-state index contributed by atoms with van der Waals surface area (Å²) in [6.45, 7) is 9.75. The lowest BCUT2D eigenvalue weighted by Crippen LogP contribution is -2.06. The summed E-state index contributed by atoms with van der Waals surface area (Å²) < 4.78 is 27.7. The van der Waals surface area contributed by atoms with Crippen LogP contribution < -0.4 is 5.32 Å². The highest BCUT2D eigenvalue weighted by molar-refractivity contribution is 7.90. The summed E-state index contributed by atoms with van der Waals surface area (Å²) in [6.07, 6.45) is 4.15. The number of nitrogens with zero attached hydrogens (tertiary/aromatic N) is 6. The highest BCUT2D eigenvalue weighted by atomic mass is 32.2. The van der Waals surface area contributed by atoms with E-state index in [0.717, 1.165) is 62.4 Å². The lowest BCUT2D eigenvalue weighted by Gasteiger charge is -2.16. The zero-order valence-electron chi connectivity index (χ0n) is 22.7. The second kappa shape index (κ2) is 9.43. The minimum atomic E-state index is -3.55. The van der Waals surface area contributed by atoms with Gasteiger partial charge in [-0.2, -0.15) is 5.10 Å². The maximum absolute atomic E-state index is 12.9. The van der Waals surface area contributed by atoms with Crippen molar-refractivity contribution in [2.24, 2.45) is 12.0 Å². The van der Waals surface area contributed by atoms with Gasteiger partial charge in [0.15, 0.2) is 9.84 Å². The van der Waals surface area contributed by atoms with Gasteiger partial charge in [0.1, 0.15) is 5.69 Å². The normalized spacial score (nSPS) is 13.0. The number of aryl methyl sites for hydroxylation is 4. The molecule has 3 aromatic heterocycles. The predicted octanol–water partition coefficient (Wildman–Crippen LogP) is 4.89. The van der Waals surface area contributed by atoms with Gasteiger partial charge >= 0.3 is 0 Å². The SMILES string of the molecule is CC1=Nc2c(Nc3ccc(-c4c(C)nn(C)c4C)cc3S(C)(=O)=O)cc(Cc3cnc(C)c(C)n3)nc2C1. The lowest BCUT2D eigenvalue weighted by molar-refractivity contribution is 0.602. The van der Waals surface area contributed by atoms with Crippen LogP contribution in [-0.2, 0) is 29.7 Å². The van der Waals surface area contributed by atoms with E-state index >= 15 is 0 Å². The lowest BCUT2D eigenvalue weighted by atomic mass is 10.0. The van der Waals surface area contributed by atoms with Crippen LogP contribution in [-0.4, -0.2) is 45.1 Å². The maximum atomic E-state index is 12.9. The van der Waals surface area contributed by atoms with E-state index in [4.69, 9.17) is 9.98 Å². The van der Waals surface area contributed by atoms with Gasteiger partial charge in [-0.15, -0.1) is 0 Å². The number of nitrogens with one attached hydrogen (secondary N) is 1. The quantitative estimate of drug-likeness (QED) is 0.378. The van der Waals surface area contributed by atoms with Crippen LogP contribution in [0.25, 0.3) is 11.1 Å². The minimum absolute atomic E-state index is 0.212. The van der Waals surface area contributed by atoms with Crippen LogP contribution >= 0.6 is 0 Å². The molecular weight excluding hydrogens is 498 g/mol. The van der Waals surface area contributed by atoms with Crippen molar-refractivity contribution in [1.82, 2.24) is 24.7 Å². The van der Waals surface area contributed by atoms with Crippen LogP contribution in [0, 0.1) is 27.7 Å². The average Bonchev–Trinajstić information content (AvgIpc) is 3.33. The standard InChI is InChI=1S/C28H31N7O2S/c1-15-10-24-28(30-15)25(13-21(32-24)12-22-14-29-16(2)17(3)31-22)33-23-9-8-20(11-26(23)38(7,36)37)27-18(4)34-35(6)19(27)5/h8-9,11,13-14H,10,12H2,1-7H3,(H,32,33). The average molecular weight is 530 g/mol. The van der Waals surface area contributed by atoms with E-state index in [9.17, 15) is 8.42 Å². The Morgan fingerprint density at radius 2 is 1.71 bits per heavy atom. The molecule has 4 aromatic rings. The van der Waals surface area contributed by atoms with E-state index in [2.05, 4.69) is 20.4 Å². The Labute approximate surface area is 223 Å². The first kappa shape index (κ1) is 25.7. The largest absolute Gasteiger partial charge is 0.353 e. The molecule has 196 valence electrons. The van der Waals surface area contributed by atoms with Gasteiger partial charge in [-0.05, 0) is 58.4 Å². The number of anilines is 2. The molecule has 38 heavy (non-hydrogen) atoms. The van der Waals surface area contributed by atoms with E-state index in [1.165, 1.54) is 6.26 Å². The van der Waals surface area contributed by atoms with Crippen LogP contribution in [0.4, 0.5) is 17.1 Å². The van der Waals surface area contributed by atoms with Crippen LogP contribution in [0.3, 0.4) is 0 Å². The summed E-state index contributed by atoms with van der Waals surface area (Å²) in [4.78, 5) is 18.9. The molecule has 1 aromatic carbocycles. The van der Waals surface area contributed by atoms with Gasteiger partial charge < -0.3 is 5.32 Å². The number of rotatable bonds is 6. The van der Waals surface area contributed by atoms with Crippen LogP contribution in [0.2, 0.25) is 0 Å². The zero-order valence-corrected chi connectivity index (χ0v) is 23.5. The summed E-state index contributed by atoms with van der Waals surface area (Å²) in [5.74, 6) is 0. The highest BCUT2D eigenvalue weighted by Gasteiger charge is 2.23. The van der Waals surface area contributed by atoms with E-state index in [0.29, 0.717) is 24.2 Å². The molecule has 0 unspecified atom stereocenters. The van der Waals surface area contributed by atoms with Crippen molar-refractivity contribution >= 4 is 32.6 Å². The molecule has 0 radical (unpaired) electrons. The van der Waals surface area contributed by atoms with E-state index in [-0.39, 0.29) is 4.90 Å². The second-order valence-electron chi connectivity index (χ2n) is 9.97. The molecule has 0 amide bonds. The molecule has 0 saturated carbocycles. The van der Waals surface area contributed by atoms with E-state index in [1.54, 1.807) is 16.9 Å². The van der Waals surface area contributed by atoms with Crippen molar-refractivity contribution in [2.45, 2.75) is 52.4 Å². The van der Waals surface area contributed by atoms with Crippen molar-refractivity contribution < 1.29 is 8.42 Å². The molecular formula is C28H31N7O2S. The molecule has 1 aliphatic heterocycles. The van der Waals surface area contributed by atoms with Gasteiger partial charge in [0.25, 0.3) is 0 Å². The summed E-state index contributed by atoms with van der Waals surface area (Å²) in [6, 6.07) is 7.38. The molecule has 9 nitrogen and oxygen atoms in total. The smallest absolute Gasteiger partial charge is 0.177 e. The first-order valence-corrected chi connectivity index (χ1v) is 14.3. The zero-order chi connectivity index (χ0) is 27.4. The Hall–Kier alpha value is -3.92. The molecule has 0 fully saturated rings. The van der Waals surface area contributed by atoms with Gasteiger partial charge in [-0.25, -0.2) is 8.42 Å². The van der Waals surface area contributed by atoms with Crippen molar-refractivity contribution in [3.63, 3.8) is 0 Å². The highest BCUT2D eigenvalue weighted by Crippen LogP contribution is 2.39. The van der Waals surface area contributed by atoms with E-state index < -0.39 is 9.84 Å². The van der Waals surface area contributed by atoms with Crippen LogP contribution in [0.5, 0.6) is 0 Å². The van der Waals surface area contributed by atoms with Crippen molar-refractivity contribution in [3.05, 3.63) is 70.3 Å². The van der Waals surface area contributed by atoms with Gasteiger partial charge in [-0.3, -0.25) is 24.6 Å². The molecule has 0 spiro atoms. The number of pyridine rings is 1. The predicted molar refractivity (Wildman–Crippen MR) is 150 cm³/mol. The first-order valence-electron chi connectivity index (χ1n) is 12.4. The van der Waals surface area contributed by atoms with Gasteiger partial charge in [0.05, 0.1) is 44.7 Å². The van der Waals surface area contributed by atoms with E-state index in [1.807, 2.05) is 59.9 Å². The van der Waals surface area contributed by atoms with Gasteiger partial charge in [-0.1, -0.05) is 6.07 Å². The summed E-state index contributed by atoms with van der Waals surface area (Å²) >= 11 is 0. The molecule has 0 aliphatic carbocycles. The van der Waals surface area contributed by atoms with Crippen molar-refractivity contribution in [2.75, 3.05) is 11.6 Å². The first-order chi connectivity index (χ1) is 17.9. The maximum Gasteiger partial charge on any atom is 0.177 e. The number of hydrogen-bond donors (Lipinski definition) is 1. The Balaban J connectivity index is 1.58. The van der Waals surface area contributed by atoms with Crippen molar-refractivity contribution in [3.8, 4) is 11.1 Å². The van der Waals surface area contributed by atoms with Gasteiger partial charge in [0.2, 0.25) is 0 Å². The monoisotopic (exact) mass is 529 g/mol.